The second kappa shape index (κ2) is 6.41. The van der Waals surface area contributed by atoms with E-state index in [2.05, 4.69) is 0 Å². The van der Waals surface area contributed by atoms with Crippen molar-refractivity contribution < 1.29 is 14.7 Å². The minimum absolute atomic E-state index is 0.0751. The van der Waals surface area contributed by atoms with Crippen LogP contribution in [0.2, 0.25) is 0 Å². The van der Waals surface area contributed by atoms with Gasteiger partial charge < -0.3 is 15.7 Å². The molecule has 0 saturated carbocycles. The summed E-state index contributed by atoms with van der Waals surface area (Å²) in [6, 6.07) is 6.75. The molecule has 1 fully saturated rings. The summed E-state index contributed by atoms with van der Waals surface area (Å²) in [5.41, 5.74) is 7.35. The Kier molecular flexibility index (Phi) is 4.61. The Labute approximate surface area is 118 Å². The first-order chi connectivity index (χ1) is 9.58. The predicted molar refractivity (Wildman–Crippen MR) is 76.2 cm³/mol. The summed E-state index contributed by atoms with van der Waals surface area (Å²) >= 11 is 0. The molecule has 0 bridgehead atoms. The molecule has 1 atom stereocenters. The Hall–Kier alpha value is -2.04. The molecule has 1 aliphatic heterocycles. The number of benzene rings is 1. The summed E-state index contributed by atoms with van der Waals surface area (Å²) in [6.07, 6.45) is 3.27. The maximum absolute atomic E-state index is 12.2. The summed E-state index contributed by atoms with van der Waals surface area (Å²) in [5, 5.41) is 9.17. The molecule has 2 rings (SSSR count). The number of carbonyl (C=O) groups is 2. The van der Waals surface area contributed by atoms with Crippen molar-refractivity contribution in [2.45, 2.75) is 38.1 Å². The molecule has 0 unspecified atom stereocenters. The van der Waals surface area contributed by atoms with Gasteiger partial charge in [0.25, 0.3) is 0 Å². The fraction of sp³-hybridized carbons (Fsp3) is 0.467. The number of carbonyl (C=O) groups excluding carboxylic acids is 1. The Balaban J connectivity index is 1.93. The Morgan fingerprint density at radius 1 is 1.25 bits per heavy atom. The van der Waals surface area contributed by atoms with Crippen LogP contribution in [0.15, 0.2) is 24.3 Å². The number of anilines is 1. The zero-order valence-electron chi connectivity index (χ0n) is 11.4. The van der Waals surface area contributed by atoms with Crippen molar-refractivity contribution in [2.24, 2.45) is 0 Å². The third-order valence-electron chi connectivity index (χ3n) is 3.72. The van der Waals surface area contributed by atoms with E-state index in [1.165, 1.54) is 4.90 Å². The standard InChI is InChI=1S/C15H20N2O3/c16-12-7-4-11(5-8-12)6-9-14(18)17-10-2-1-3-13(17)15(19)20/h4-5,7-8,13H,1-3,6,9-10,16H2,(H,19,20)/t13-/m1/s1. The SMILES string of the molecule is Nc1ccc(CCC(=O)N2CCCC[C@@H]2C(=O)O)cc1. The Morgan fingerprint density at radius 2 is 1.95 bits per heavy atom. The number of aliphatic carboxylic acids is 1. The summed E-state index contributed by atoms with van der Waals surface area (Å²) in [4.78, 5) is 24.9. The molecule has 1 aromatic rings. The molecule has 3 N–H and O–H groups in total. The largest absolute Gasteiger partial charge is 0.480 e. The molecule has 1 aliphatic rings. The van der Waals surface area contributed by atoms with E-state index in [1.807, 2.05) is 12.1 Å². The average molecular weight is 276 g/mol. The van der Waals surface area contributed by atoms with E-state index in [1.54, 1.807) is 12.1 Å². The molecule has 1 amide bonds. The quantitative estimate of drug-likeness (QED) is 0.819. The van der Waals surface area contributed by atoms with Crippen LogP contribution in [0, 0.1) is 0 Å². The van der Waals surface area contributed by atoms with Crippen LogP contribution in [0.4, 0.5) is 5.69 Å². The number of amides is 1. The van der Waals surface area contributed by atoms with Gasteiger partial charge in [-0.2, -0.15) is 0 Å². The summed E-state index contributed by atoms with van der Waals surface area (Å²) < 4.78 is 0. The van der Waals surface area contributed by atoms with Crippen molar-refractivity contribution in [1.29, 1.82) is 0 Å². The van der Waals surface area contributed by atoms with Crippen LogP contribution in [0.3, 0.4) is 0 Å². The number of likely N-dealkylation sites (tertiary alicyclic amines) is 1. The van der Waals surface area contributed by atoms with Crippen molar-refractivity contribution in [1.82, 2.24) is 4.90 Å². The van der Waals surface area contributed by atoms with Gasteiger partial charge in [0, 0.05) is 18.7 Å². The van der Waals surface area contributed by atoms with E-state index in [4.69, 9.17) is 10.8 Å². The highest BCUT2D eigenvalue weighted by atomic mass is 16.4. The zero-order chi connectivity index (χ0) is 14.5. The van der Waals surface area contributed by atoms with Gasteiger partial charge in [-0.25, -0.2) is 4.79 Å². The highest BCUT2D eigenvalue weighted by molar-refractivity contribution is 5.84. The number of carboxylic acid groups (broad SMARTS) is 1. The number of nitrogens with two attached hydrogens (primary N) is 1. The van der Waals surface area contributed by atoms with Gasteiger partial charge >= 0.3 is 5.97 Å². The fourth-order valence-corrected chi connectivity index (χ4v) is 2.57. The van der Waals surface area contributed by atoms with E-state index in [0.717, 1.165) is 18.4 Å². The van der Waals surface area contributed by atoms with E-state index in [-0.39, 0.29) is 5.91 Å². The van der Waals surface area contributed by atoms with Gasteiger partial charge in [-0.15, -0.1) is 0 Å². The lowest BCUT2D eigenvalue weighted by molar-refractivity contribution is -0.152. The van der Waals surface area contributed by atoms with Crippen LogP contribution < -0.4 is 5.73 Å². The monoisotopic (exact) mass is 276 g/mol. The average Bonchev–Trinajstić information content (AvgIpc) is 2.46. The smallest absolute Gasteiger partial charge is 0.326 e. The third kappa shape index (κ3) is 3.50. The maximum Gasteiger partial charge on any atom is 0.326 e. The minimum atomic E-state index is -0.898. The number of nitrogens with zero attached hydrogens (tertiary/aromatic N) is 1. The molecular weight excluding hydrogens is 256 g/mol. The van der Waals surface area contributed by atoms with Gasteiger partial charge in [-0.05, 0) is 43.4 Å². The summed E-state index contributed by atoms with van der Waals surface area (Å²) in [5.74, 6) is -0.973. The molecule has 0 aliphatic carbocycles. The van der Waals surface area contributed by atoms with Gasteiger partial charge in [0.05, 0.1) is 0 Å². The lowest BCUT2D eigenvalue weighted by Gasteiger charge is -2.33. The maximum atomic E-state index is 12.2. The van der Waals surface area contributed by atoms with Gasteiger partial charge in [0.15, 0.2) is 0 Å². The molecule has 0 aromatic heterocycles. The number of piperidine rings is 1. The zero-order valence-corrected chi connectivity index (χ0v) is 11.4. The second-order valence-corrected chi connectivity index (χ2v) is 5.18. The van der Waals surface area contributed by atoms with E-state index in [0.29, 0.717) is 31.5 Å². The van der Waals surface area contributed by atoms with Gasteiger partial charge in [0.1, 0.15) is 6.04 Å². The van der Waals surface area contributed by atoms with Gasteiger partial charge in [-0.3, -0.25) is 4.79 Å². The van der Waals surface area contributed by atoms with E-state index < -0.39 is 12.0 Å². The number of carboxylic acids is 1. The predicted octanol–water partition coefficient (Wildman–Crippen LogP) is 1.67. The Bertz CT molecular complexity index is 484. The number of hydrogen-bond donors (Lipinski definition) is 2. The van der Waals surface area contributed by atoms with Crippen LogP contribution in [0.25, 0.3) is 0 Å². The Morgan fingerprint density at radius 3 is 2.60 bits per heavy atom. The lowest BCUT2D eigenvalue weighted by Crippen LogP contribution is -2.48. The van der Waals surface area contributed by atoms with Crippen LogP contribution >= 0.6 is 0 Å². The van der Waals surface area contributed by atoms with Crippen LogP contribution in [-0.4, -0.2) is 34.5 Å². The molecule has 1 heterocycles. The lowest BCUT2D eigenvalue weighted by atomic mass is 10.0. The number of aryl methyl sites for hydroxylation is 1. The highest BCUT2D eigenvalue weighted by Crippen LogP contribution is 2.19. The summed E-state index contributed by atoms with van der Waals surface area (Å²) in [7, 11) is 0. The molecule has 108 valence electrons. The minimum Gasteiger partial charge on any atom is -0.480 e. The molecule has 1 aromatic carbocycles. The molecule has 5 nitrogen and oxygen atoms in total. The number of hydrogen-bond acceptors (Lipinski definition) is 3. The third-order valence-corrected chi connectivity index (χ3v) is 3.72. The van der Waals surface area contributed by atoms with Crippen molar-refractivity contribution in [3.8, 4) is 0 Å². The van der Waals surface area contributed by atoms with Crippen LogP contribution in [0.1, 0.15) is 31.2 Å². The highest BCUT2D eigenvalue weighted by Gasteiger charge is 2.31. The van der Waals surface area contributed by atoms with E-state index in [9.17, 15) is 9.59 Å². The first-order valence-corrected chi connectivity index (χ1v) is 6.94. The normalized spacial score (nSPS) is 18.8. The van der Waals surface area contributed by atoms with Crippen molar-refractivity contribution in [2.75, 3.05) is 12.3 Å². The first-order valence-electron chi connectivity index (χ1n) is 6.94. The van der Waals surface area contributed by atoms with Crippen LogP contribution in [-0.2, 0) is 16.0 Å². The van der Waals surface area contributed by atoms with E-state index >= 15 is 0 Å². The van der Waals surface area contributed by atoms with Crippen molar-refractivity contribution in [3.63, 3.8) is 0 Å². The van der Waals surface area contributed by atoms with Gasteiger partial charge in [-0.1, -0.05) is 12.1 Å². The fourth-order valence-electron chi connectivity index (χ4n) is 2.57. The molecular formula is C15H20N2O3. The molecule has 0 radical (unpaired) electrons. The van der Waals surface area contributed by atoms with Crippen molar-refractivity contribution in [3.05, 3.63) is 29.8 Å². The van der Waals surface area contributed by atoms with Crippen LogP contribution in [0.5, 0.6) is 0 Å². The first kappa shape index (κ1) is 14.4. The second-order valence-electron chi connectivity index (χ2n) is 5.18. The summed E-state index contributed by atoms with van der Waals surface area (Å²) in [6.45, 7) is 0.553. The molecule has 20 heavy (non-hydrogen) atoms. The molecule has 0 spiro atoms. The molecule has 5 heteroatoms. The van der Waals surface area contributed by atoms with Crippen molar-refractivity contribution >= 4 is 17.6 Å². The topological polar surface area (TPSA) is 83.6 Å². The number of nitrogen functional groups attached to an aromatic ring is 1. The number of rotatable bonds is 4. The van der Waals surface area contributed by atoms with Gasteiger partial charge in [0.2, 0.25) is 5.91 Å². The molecule has 1 saturated heterocycles.